The molecule has 0 bridgehead atoms. The molecule has 0 aromatic heterocycles. The topological polar surface area (TPSA) is 40.5 Å². The van der Waals surface area contributed by atoms with Gasteiger partial charge in [-0.05, 0) is 111 Å². The van der Waals surface area contributed by atoms with Crippen molar-refractivity contribution in [3.8, 4) is 0 Å². The minimum atomic E-state index is -0.561. The largest absolute Gasteiger partial charge is 0.393 e. The van der Waals surface area contributed by atoms with Gasteiger partial charge in [-0.2, -0.15) is 0 Å². The van der Waals surface area contributed by atoms with E-state index in [2.05, 4.69) is 41.5 Å². The first-order chi connectivity index (χ1) is 14.0. The summed E-state index contributed by atoms with van der Waals surface area (Å²) in [5, 5.41) is 22.2. The zero-order valence-electron chi connectivity index (χ0n) is 20.8. The van der Waals surface area contributed by atoms with Crippen molar-refractivity contribution < 1.29 is 10.2 Å². The Morgan fingerprint density at radius 1 is 0.867 bits per heavy atom. The van der Waals surface area contributed by atoms with Gasteiger partial charge in [-0.3, -0.25) is 0 Å². The SMILES string of the molecule is CC(C)CCC[C@@H](C)[C@H]1CC[C@H]2[C@H]3[C@H](CC[C@]12C)[C@@]1(C)CCC(O)CC1CC3(C)O. The predicted molar refractivity (Wildman–Crippen MR) is 125 cm³/mol. The van der Waals surface area contributed by atoms with Crippen molar-refractivity contribution in [2.75, 3.05) is 0 Å². The van der Waals surface area contributed by atoms with Crippen LogP contribution in [0, 0.1) is 52.3 Å². The monoisotopic (exact) mass is 418 g/mol. The van der Waals surface area contributed by atoms with Gasteiger partial charge in [-0.15, -0.1) is 0 Å². The fraction of sp³-hybridized carbons (Fsp3) is 1.00. The number of rotatable bonds is 5. The maximum absolute atomic E-state index is 11.8. The minimum absolute atomic E-state index is 0.146. The van der Waals surface area contributed by atoms with E-state index in [0.717, 1.165) is 43.4 Å². The van der Waals surface area contributed by atoms with Crippen molar-refractivity contribution in [3.05, 3.63) is 0 Å². The molecular weight excluding hydrogens is 368 g/mol. The summed E-state index contributed by atoms with van der Waals surface area (Å²) in [5.74, 6) is 4.76. The summed E-state index contributed by atoms with van der Waals surface area (Å²) < 4.78 is 0. The summed E-state index contributed by atoms with van der Waals surface area (Å²) in [5.41, 5.74) is 0.183. The van der Waals surface area contributed by atoms with Crippen LogP contribution in [0.5, 0.6) is 0 Å². The Labute approximate surface area is 186 Å². The molecule has 2 N–H and O–H groups in total. The van der Waals surface area contributed by atoms with Gasteiger partial charge >= 0.3 is 0 Å². The molecule has 0 aliphatic heterocycles. The second-order valence-electron chi connectivity index (χ2n) is 13.5. The molecule has 4 aliphatic carbocycles. The lowest BCUT2D eigenvalue weighted by Gasteiger charge is -2.65. The number of aliphatic hydroxyl groups excluding tert-OH is 1. The number of aliphatic hydroxyl groups is 2. The zero-order chi connectivity index (χ0) is 21.9. The van der Waals surface area contributed by atoms with E-state index in [4.69, 9.17) is 0 Å². The minimum Gasteiger partial charge on any atom is -0.393 e. The highest BCUT2D eigenvalue weighted by molar-refractivity contribution is 5.14. The Bertz CT molecular complexity index is 612. The third kappa shape index (κ3) is 3.70. The van der Waals surface area contributed by atoms with E-state index in [-0.39, 0.29) is 6.10 Å². The van der Waals surface area contributed by atoms with Gasteiger partial charge in [0.25, 0.3) is 0 Å². The molecule has 0 radical (unpaired) electrons. The fourth-order valence-electron chi connectivity index (χ4n) is 9.61. The molecule has 0 aromatic carbocycles. The molecule has 4 rings (SSSR count). The Morgan fingerprint density at radius 3 is 2.23 bits per heavy atom. The molecule has 0 spiro atoms. The van der Waals surface area contributed by atoms with Crippen LogP contribution in [0.3, 0.4) is 0 Å². The van der Waals surface area contributed by atoms with E-state index in [1.807, 2.05) is 0 Å². The van der Waals surface area contributed by atoms with Gasteiger partial charge in [-0.1, -0.05) is 53.9 Å². The van der Waals surface area contributed by atoms with Gasteiger partial charge in [0.1, 0.15) is 0 Å². The molecule has 30 heavy (non-hydrogen) atoms. The van der Waals surface area contributed by atoms with E-state index < -0.39 is 5.60 Å². The summed E-state index contributed by atoms with van der Waals surface area (Å²) in [4.78, 5) is 0. The molecule has 0 amide bonds. The van der Waals surface area contributed by atoms with Crippen LogP contribution >= 0.6 is 0 Å². The standard InChI is InChI=1S/C28H50O2/c1-18(2)8-7-9-19(3)22-10-11-23-25-24(13-15-27(22,23)5)26(4)14-12-21(29)16-20(26)17-28(25,6)30/h18-25,29-30H,7-17H2,1-6H3/t19-,20?,21?,22-,23+,24+,25+,26+,27-,28?/m1/s1. The van der Waals surface area contributed by atoms with Gasteiger partial charge in [0.05, 0.1) is 11.7 Å². The summed E-state index contributed by atoms with van der Waals surface area (Å²) >= 11 is 0. The maximum atomic E-state index is 11.8. The van der Waals surface area contributed by atoms with Crippen molar-refractivity contribution in [2.45, 2.75) is 124 Å². The summed E-state index contributed by atoms with van der Waals surface area (Å²) in [6.45, 7) is 14.5. The molecule has 2 heteroatoms. The molecule has 4 aliphatic rings. The highest BCUT2D eigenvalue weighted by Crippen LogP contribution is 2.70. The van der Waals surface area contributed by atoms with Gasteiger partial charge in [0, 0.05) is 0 Å². The van der Waals surface area contributed by atoms with Crippen LogP contribution in [0.2, 0.25) is 0 Å². The number of fused-ring (bicyclic) bond motifs is 5. The second-order valence-corrected chi connectivity index (χ2v) is 13.5. The van der Waals surface area contributed by atoms with Crippen molar-refractivity contribution in [1.29, 1.82) is 0 Å². The van der Waals surface area contributed by atoms with Crippen LogP contribution in [0.25, 0.3) is 0 Å². The van der Waals surface area contributed by atoms with E-state index in [1.165, 1.54) is 44.9 Å². The normalized spacial score (nSPS) is 51.9. The summed E-state index contributed by atoms with van der Waals surface area (Å²) in [6, 6.07) is 0. The van der Waals surface area contributed by atoms with Crippen molar-refractivity contribution in [2.24, 2.45) is 52.3 Å². The fourth-order valence-corrected chi connectivity index (χ4v) is 9.61. The number of hydrogen-bond donors (Lipinski definition) is 2. The molecule has 3 unspecified atom stereocenters. The first-order valence-electron chi connectivity index (χ1n) is 13.4. The Balaban J connectivity index is 1.55. The van der Waals surface area contributed by atoms with Crippen LogP contribution in [-0.2, 0) is 0 Å². The Kier molecular flexibility index (Phi) is 6.20. The summed E-state index contributed by atoms with van der Waals surface area (Å²) in [7, 11) is 0. The third-order valence-corrected chi connectivity index (χ3v) is 11.2. The van der Waals surface area contributed by atoms with Crippen molar-refractivity contribution in [3.63, 3.8) is 0 Å². The molecule has 174 valence electrons. The molecule has 2 nitrogen and oxygen atoms in total. The lowest BCUT2D eigenvalue weighted by molar-refractivity contribution is -0.212. The lowest BCUT2D eigenvalue weighted by Crippen LogP contribution is -2.62. The molecule has 0 heterocycles. The lowest BCUT2D eigenvalue weighted by atomic mass is 9.41. The van der Waals surface area contributed by atoms with Gasteiger partial charge < -0.3 is 10.2 Å². The smallest absolute Gasteiger partial charge is 0.0656 e. The molecular formula is C28H50O2. The van der Waals surface area contributed by atoms with Crippen LogP contribution in [0.15, 0.2) is 0 Å². The van der Waals surface area contributed by atoms with Crippen molar-refractivity contribution in [1.82, 2.24) is 0 Å². The first kappa shape index (κ1) is 23.1. The molecule has 10 atom stereocenters. The van der Waals surface area contributed by atoms with Crippen LogP contribution < -0.4 is 0 Å². The highest BCUT2D eigenvalue weighted by atomic mass is 16.3. The average molecular weight is 419 g/mol. The molecule has 0 saturated heterocycles. The van der Waals surface area contributed by atoms with Gasteiger partial charge in [0.2, 0.25) is 0 Å². The third-order valence-electron chi connectivity index (χ3n) is 11.2. The molecule has 4 saturated carbocycles. The van der Waals surface area contributed by atoms with Crippen LogP contribution in [0.4, 0.5) is 0 Å². The summed E-state index contributed by atoms with van der Waals surface area (Å²) in [6.07, 6.45) is 13.3. The molecule has 0 aromatic rings. The zero-order valence-corrected chi connectivity index (χ0v) is 20.8. The average Bonchev–Trinajstić information content (AvgIpc) is 2.99. The first-order valence-corrected chi connectivity index (χ1v) is 13.4. The van der Waals surface area contributed by atoms with Gasteiger partial charge in [-0.25, -0.2) is 0 Å². The van der Waals surface area contributed by atoms with Crippen molar-refractivity contribution >= 4 is 0 Å². The Morgan fingerprint density at radius 2 is 1.53 bits per heavy atom. The highest BCUT2D eigenvalue weighted by Gasteiger charge is 2.65. The molecule has 4 fully saturated rings. The van der Waals surface area contributed by atoms with E-state index in [9.17, 15) is 10.2 Å². The van der Waals surface area contributed by atoms with E-state index in [0.29, 0.717) is 34.5 Å². The maximum Gasteiger partial charge on any atom is 0.0656 e. The van der Waals surface area contributed by atoms with E-state index >= 15 is 0 Å². The number of hydrogen-bond acceptors (Lipinski definition) is 2. The van der Waals surface area contributed by atoms with E-state index in [1.54, 1.807) is 0 Å². The van der Waals surface area contributed by atoms with Crippen LogP contribution in [-0.4, -0.2) is 21.9 Å². The second kappa shape index (κ2) is 8.05. The predicted octanol–water partition coefficient (Wildman–Crippen LogP) is 6.83. The quantitative estimate of drug-likeness (QED) is 0.513. The Hall–Kier alpha value is -0.0800. The van der Waals surface area contributed by atoms with Crippen LogP contribution in [0.1, 0.15) is 112 Å². The van der Waals surface area contributed by atoms with Gasteiger partial charge in [0.15, 0.2) is 0 Å².